The van der Waals surface area contributed by atoms with E-state index in [2.05, 4.69) is 38.0 Å². The Morgan fingerprint density at radius 1 is 1.38 bits per heavy atom. The number of halogens is 1. The number of rotatable bonds is 2. The van der Waals surface area contributed by atoms with E-state index >= 15 is 0 Å². The molecule has 1 nitrogen and oxygen atoms in total. The highest BCUT2D eigenvalue weighted by Gasteiger charge is 2.27. The molecular weight excluding hydrogens is 198 g/mol. The zero-order valence-electron chi connectivity index (χ0n) is 8.63. The van der Waals surface area contributed by atoms with Crippen molar-refractivity contribution in [1.29, 1.82) is 0 Å². The Bertz CT molecular complexity index is 297. The van der Waals surface area contributed by atoms with Crippen molar-refractivity contribution in [3.63, 3.8) is 0 Å². The Balaban J connectivity index is 3.07. The lowest BCUT2D eigenvalue weighted by atomic mass is 10.5. The van der Waals surface area contributed by atoms with Crippen molar-refractivity contribution in [3.05, 3.63) is 23.5 Å². The molecule has 0 radical (unpaired) electrons. The van der Waals surface area contributed by atoms with E-state index in [4.69, 9.17) is 11.6 Å². The summed E-state index contributed by atoms with van der Waals surface area (Å²) >= 11 is 5.87. The molecule has 1 aromatic heterocycles. The van der Waals surface area contributed by atoms with Crippen molar-refractivity contribution in [1.82, 2.24) is 4.98 Å². The lowest BCUT2D eigenvalue weighted by Gasteiger charge is -2.27. The summed E-state index contributed by atoms with van der Waals surface area (Å²) in [6.45, 7) is 9.29. The zero-order chi connectivity index (χ0) is 10.1. The van der Waals surface area contributed by atoms with Gasteiger partial charge in [-0.15, -0.1) is 0 Å². The second kappa shape index (κ2) is 3.80. The Hall–Kier alpha value is -0.343. The topological polar surface area (TPSA) is 12.9 Å². The normalized spacial score (nSPS) is 12.2. The van der Waals surface area contributed by atoms with Crippen LogP contribution in [0.5, 0.6) is 0 Å². The fourth-order valence-corrected chi connectivity index (χ4v) is 3.08. The van der Waals surface area contributed by atoms with Crippen LogP contribution in [0.2, 0.25) is 23.8 Å². The minimum absolute atomic E-state index is 0.610. The van der Waals surface area contributed by atoms with Crippen LogP contribution in [0.1, 0.15) is 13.8 Å². The van der Waals surface area contributed by atoms with Gasteiger partial charge in [0.25, 0.3) is 0 Å². The average Bonchev–Trinajstić information content (AvgIpc) is 2.04. The number of hydrogen-bond acceptors (Lipinski definition) is 1. The molecule has 1 aromatic rings. The fraction of sp³-hybridized carbons (Fsp3) is 0.500. The molecule has 0 fully saturated rings. The third-order valence-corrected chi connectivity index (χ3v) is 7.81. The maximum absolute atomic E-state index is 5.87. The highest BCUT2D eigenvalue weighted by atomic mass is 35.5. The predicted octanol–water partition coefficient (Wildman–Crippen LogP) is 3.06. The van der Waals surface area contributed by atoms with Crippen LogP contribution >= 0.6 is 11.6 Å². The van der Waals surface area contributed by atoms with Crippen LogP contribution in [0, 0.1) is 0 Å². The van der Waals surface area contributed by atoms with Crippen LogP contribution in [0.15, 0.2) is 18.3 Å². The quantitative estimate of drug-likeness (QED) is 0.544. The van der Waals surface area contributed by atoms with Crippen molar-refractivity contribution in [2.24, 2.45) is 0 Å². The molecule has 0 spiro atoms. The summed E-state index contributed by atoms with van der Waals surface area (Å²) in [5, 5.41) is 2.00. The van der Waals surface area contributed by atoms with Gasteiger partial charge in [0.1, 0.15) is 5.15 Å². The number of pyridine rings is 1. The van der Waals surface area contributed by atoms with E-state index in [1.165, 1.54) is 5.19 Å². The number of aromatic nitrogens is 1. The SMILES string of the molecule is CC(C)[Si](C)(C)c1ccnc(Cl)c1. The molecular formula is C10H16ClNSi. The van der Waals surface area contributed by atoms with Crippen molar-refractivity contribution in [3.8, 4) is 0 Å². The van der Waals surface area contributed by atoms with Gasteiger partial charge in [-0.3, -0.25) is 0 Å². The molecule has 0 saturated carbocycles. The maximum atomic E-state index is 5.87. The van der Waals surface area contributed by atoms with Crippen molar-refractivity contribution in [2.45, 2.75) is 32.5 Å². The Labute approximate surface area is 86.2 Å². The molecule has 0 aliphatic rings. The molecule has 0 aromatic carbocycles. The van der Waals surface area contributed by atoms with Gasteiger partial charge in [0.2, 0.25) is 0 Å². The van der Waals surface area contributed by atoms with Gasteiger partial charge in [-0.1, -0.05) is 43.7 Å². The van der Waals surface area contributed by atoms with Crippen LogP contribution < -0.4 is 5.19 Å². The minimum Gasteiger partial charge on any atom is -0.245 e. The Morgan fingerprint density at radius 2 is 2.00 bits per heavy atom. The van der Waals surface area contributed by atoms with Gasteiger partial charge in [0, 0.05) is 6.20 Å². The molecule has 0 N–H and O–H groups in total. The van der Waals surface area contributed by atoms with Gasteiger partial charge in [0.05, 0.1) is 8.07 Å². The van der Waals surface area contributed by atoms with E-state index in [0.717, 1.165) is 5.54 Å². The summed E-state index contributed by atoms with van der Waals surface area (Å²) in [4.78, 5) is 4.00. The lowest BCUT2D eigenvalue weighted by Crippen LogP contribution is -2.44. The molecule has 0 unspecified atom stereocenters. The van der Waals surface area contributed by atoms with Crippen molar-refractivity contribution in [2.75, 3.05) is 0 Å². The predicted molar refractivity (Wildman–Crippen MR) is 61.5 cm³/mol. The first-order chi connectivity index (χ1) is 5.94. The van der Waals surface area contributed by atoms with Crippen molar-refractivity contribution >= 4 is 24.9 Å². The van der Waals surface area contributed by atoms with E-state index in [-0.39, 0.29) is 0 Å². The molecule has 0 aliphatic heterocycles. The first kappa shape index (κ1) is 10.7. The van der Waals surface area contributed by atoms with Crippen LogP contribution in [0.25, 0.3) is 0 Å². The van der Waals surface area contributed by atoms with Crippen molar-refractivity contribution < 1.29 is 0 Å². The summed E-state index contributed by atoms with van der Waals surface area (Å²) < 4.78 is 0. The molecule has 13 heavy (non-hydrogen) atoms. The standard InChI is InChI=1S/C10H16ClNSi/c1-8(2)13(3,4)9-5-6-12-10(11)7-9/h5-8H,1-4H3. The maximum Gasteiger partial charge on any atom is 0.128 e. The van der Waals surface area contributed by atoms with Gasteiger partial charge in [-0.05, 0) is 17.7 Å². The van der Waals surface area contributed by atoms with E-state index in [0.29, 0.717) is 5.15 Å². The smallest absolute Gasteiger partial charge is 0.128 e. The summed E-state index contributed by atoms with van der Waals surface area (Å²) in [6.07, 6.45) is 1.80. The lowest BCUT2D eigenvalue weighted by molar-refractivity contribution is 1.02. The summed E-state index contributed by atoms with van der Waals surface area (Å²) in [5.41, 5.74) is 0.728. The number of hydrogen-bond donors (Lipinski definition) is 0. The third kappa shape index (κ3) is 2.32. The van der Waals surface area contributed by atoms with Gasteiger partial charge in [-0.2, -0.15) is 0 Å². The first-order valence-corrected chi connectivity index (χ1v) is 8.02. The monoisotopic (exact) mass is 213 g/mol. The molecule has 0 atom stereocenters. The molecule has 0 amide bonds. The van der Waals surface area contributed by atoms with E-state index < -0.39 is 8.07 Å². The number of nitrogens with zero attached hydrogens (tertiary/aromatic N) is 1. The Morgan fingerprint density at radius 3 is 2.46 bits per heavy atom. The molecule has 1 heterocycles. The Kier molecular flexibility index (Phi) is 3.14. The largest absolute Gasteiger partial charge is 0.245 e. The molecule has 0 saturated heterocycles. The van der Waals surface area contributed by atoms with Gasteiger partial charge in [0.15, 0.2) is 0 Å². The van der Waals surface area contributed by atoms with Crippen LogP contribution in [-0.2, 0) is 0 Å². The minimum atomic E-state index is -1.31. The second-order valence-corrected chi connectivity index (χ2v) is 9.81. The van der Waals surface area contributed by atoms with Gasteiger partial charge in [-0.25, -0.2) is 4.98 Å². The molecule has 1 rings (SSSR count). The van der Waals surface area contributed by atoms with E-state index in [1.807, 2.05) is 6.07 Å². The fourth-order valence-electron chi connectivity index (χ4n) is 1.14. The van der Waals surface area contributed by atoms with Crippen LogP contribution in [-0.4, -0.2) is 13.1 Å². The van der Waals surface area contributed by atoms with Crippen LogP contribution in [0.4, 0.5) is 0 Å². The average molecular weight is 214 g/mol. The second-order valence-electron chi connectivity index (χ2n) is 4.24. The first-order valence-electron chi connectivity index (χ1n) is 4.56. The summed E-state index contributed by atoms with van der Waals surface area (Å²) in [7, 11) is -1.31. The highest BCUT2D eigenvalue weighted by Crippen LogP contribution is 2.20. The third-order valence-electron chi connectivity index (χ3n) is 2.91. The molecule has 0 bridgehead atoms. The zero-order valence-corrected chi connectivity index (χ0v) is 10.4. The molecule has 72 valence electrons. The summed E-state index contributed by atoms with van der Waals surface area (Å²) in [5.74, 6) is 0. The van der Waals surface area contributed by atoms with E-state index in [9.17, 15) is 0 Å². The summed E-state index contributed by atoms with van der Waals surface area (Å²) in [6, 6.07) is 4.10. The van der Waals surface area contributed by atoms with Gasteiger partial charge < -0.3 is 0 Å². The van der Waals surface area contributed by atoms with Crippen LogP contribution in [0.3, 0.4) is 0 Å². The van der Waals surface area contributed by atoms with E-state index in [1.54, 1.807) is 6.20 Å². The molecule has 0 aliphatic carbocycles. The highest BCUT2D eigenvalue weighted by molar-refractivity contribution is 6.90. The van der Waals surface area contributed by atoms with Gasteiger partial charge >= 0.3 is 0 Å². The molecule has 3 heteroatoms.